The van der Waals surface area contributed by atoms with Crippen molar-refractivity contribution in [1.29, 1.82) is 0 Å². The van der Waals surface area contributed by atoms with Crippen molar-refractivity contribution in [3.8, 4) is 5.69 Å². The van der Waals surface area contributed by atoms with E-state index < -0.39 is 0 Å². The normalized spacial score (nSPS) is 10.8. The van der Waals surface area contributed by atoms with Crippen LogP contribution in [0.25, 0.3) is 5.69 Å². The van der Waals surface area contributed by atoms with Gasteiger partial charge in [-0.1, -0.05) is 19.1 Å². The molecule has 0 atom stereocenters. The molecule has 1 heterocycles. The Morgan fingerprint density at radius 2 is 2.11 bits per heavy atom. The van der Waals surface area contributed by atoms with E-state index >= 15 is 0 Å². The lowest BCUT2D eigenvalue weighted by Gasteiger charge is -2.11. The zero-order valence-electron chi connectivity index (χ0n) is 11.4. The Morgan fingerprint density at radius 1 is 1.28 bits per heavy atom. The van der Waals surface area contributed by atoms with Gasteiger partial charge in [-0.3, -0.25) is 0 Å². The van der Waals surface area contributed by atoms with E-state index in [2.05, 4.69) is 46.9 Å². The van der Waals surface area contributed by atoms with Crippen molar-refractivity contribution in [1.82, 2.24) is 14.9 Å². The third-order valence-electron chi connectivity index (χ3n) is 3.11. The largest absolute Gasteiger partial charge is 0.313 e. The van der Waals surface area contributed by atoms with Crippen molar-refractivity contribution in [3.05, 3.63) is 47.5 Å². The molecule has 0 aliphatic heterocycles. The summed E-state index contributed by atoms with van der Waals surface area (Å²) in [6.07, 6.45) is 5.02. The molecular weight excluding hydrogens is 222 g/mol. The molecule has 2 rings (SSSR count). The Bertz CT molecular complexity index is 514. The molecule has 96 valence electrons. The Labute approximate surface area is 109 Å². The molecule has 3 heteroatoms. The van der Waals surface area contributed by atoms with Crippen LogP contribution in [0, 0.1) is 13.8 Å². The first-order valence-electron chi connectivity index (χ1n) is 6.53. The van der Waals surface area contributed by atoms with E-state index in [1.165, 1.54) is 23.2 Å². The molecule has 1 N–H and O–H groups in total. The number of hydrogen-bond acceptors (Lipinski definition) is 2. The predicted molar refractivity (Wildman–Crippen MR) is 75.0 cm³/mol. The van der Waals surface area contributed by atoms with Crippen LogP contribution in [0.15, 0.2) is 30.6 Å². The maximum absolute atomic E-state index is 4.29. The van der Waals surface area contributed by atoms with Gasteiger partial charge in [0.15, 0.2) is 0 Å². The Morgan fingerprint density at radius 3 is 2.78 bits per heavy atom. The highest BCUT2D eigenvalue weighted by atomic mass is 15.1. The number of hydrogen-bond donors (Lipinski definition) is 1. The summed E-state index contributed by atoms with van der Waals surface area (Å²) in [4.78, 5) is 4.29. The minimum atomic E-state index is 0.925. The Balaban J connectivity index is 2.25. The Kier molecular flexibility index (Phi) is 4.15. The Hall–Kier alpha value is -1.61. The number of nitrogens with zero attached hydrogens (tertiary/aromatic N) is 2. The molecule has 3 nitrogen and oxygen atoms in total. The molecule has 18 heavy (non-hydrogen) atoms. The van der Waals surface area contributed by atoms with Gasteiger partial charge in [-0.05, 0) is 44.0 Å². The van der Waals surface area contributed by atoms with Crippen LogP contribution >= 0.6 is 0 Å². The van der Waals surface area contributed by atoms with Gasteiger partial charge < -0.3 is 9.88 Å². The van der Waals surface area contributed by atoms with Crippen molar-refractivity contribution in [3.63, 3.8) is 0 Å². The molecule has 0 aliphatic rings. The van der Waals surface area contributed by atoms with Gasteiger partial charge in [-0.15, -0.1) is 0 Å². The SMILES string of the molecule is CCCNCc1ccc(C)c(-n2ccnc2C)c1. The second-order valence-electron chi connectivity index (χ2n) is 4.64. The van der Waals surface area contributed by atoms with E-state index in [1.807, 2.05) is 19.3 Å². The molecule has 0 unspecified atom stereocenters. The van der Waals surface area contributed by atoms with Gasteiger partial charge in [-0.2, -0.15) is 0 Å². The van der Waals surface area contributed by atoms with Crippen LogP contribution in [0.3, 0.4) is 0 Å². The van der Waals surface area contributed by atoms with E-state index in [1.54, 1.807) is 0 Å². The maximum atomic E-state index is 4.29. The van der Waals surface area contributed by atoms with Crippen LogP contribution in [0.4, 0.5) is 0 Å². The lowest BCUT2D eigenvalue weighted by Crippen LogP contribution is -2.14. The third-order valence-corrected chi connectivity index (χ3v) is 3.11. The highest BCUT2D eigenvalue weighted by molar-refractivity contribution is 5.44. The summed E-state index contributed by atoms with van der Waals surface area (Å²) in [7, 11) is 0. The van der Waals surface area contributed by atoms with E-state index in [4.69, 9.17) is 0 Å². The van der Waals surface area contributed by atoms with Crippen molar-refractivity contribution >= 4 is 0 Å². The van der Waals surface area contributed by atoms with Gasteiger partial charge in [0.2, 0.25) is 0 Å². The number of imidazole rings is 1. The summed E-state index contributed by atoms with van der Waals surface area (Å²) in [5, 5.41) is 3.43. The van der Waals surface area contributed by atoms with Gasteiger partial charge >= 0.3 is 0 Å². The van der Waals surface area contributed by atoms with Gasteiger partial charge in [0, 0.05) is 24.6 Å². The van der Waals surface area contributed by atoms with Crippen molar-refractivity contribution in [2.75, 3.05) is 6.54 Å². The molecule has 0 fully saturated rings. The molecule has 0 saturated heterocycles. The predicted octanol–water partition coefficient (Wildman–Crippen LogP) is 2.99. The molecular formula is C15H21N3. The monoisotopic (exact) mass is 243 g/mol. The molecule has 0 amide bonds. The molecule has 2 aromatic rings. The van der Waals surface area contributed by atoms with Crippen molar-refractivity contribution in [2.24, 2.45) is 0 Å². The van der Waals surface area contributed by atoms with Gasteiger partial charge in [0.25, 0.3) is 0 Å². The van der Waals surface area contributed by atoms with E-state index in [0.29, 0.717) is 0 Å². The molecule has 0 bridgehead atoms. The third kappa shape index (κ3) is 2.79. The second-order valence-corrected chi connectivity index (χ2v) is 4.64. The van der Waals surface area contributed by atoms with Gasteiger partial charge in [0.05, 0.1) is 0 Å². The maximum Gasteiger partial charge on any atom is 0.110 e. The zero-order chi connectivity index (χ0) is 13.0. The summed E-state index contributed by atoms with van der Waals surface area (Å²) in [5.74, 6) is 1.02. The number of aromatic nitrogens is 2. The molecule has 1 aromatic carbocycles. The molecule has 0 radical (unpaired) electrons. The van der Waals surface area contributed by atoms with Crippen LogP contribution in [0.1, 0.15) is 30.3 Å². The van der Waals surface area contributed by atoms with E-state index in [0.717, 1.165) is 18.9 Å². The fourth-order valence-electron chi connectivity index (χ4n) is 2.07. The van der Waals surface area contributed by atoms with Gasteiger partial charge in [0.1, 0.15) is 5.82 Å². The first-order chi connectivity index (χ1) is 8.72. The summed E-state index contributed by atoms with van der Waals surface area (Å²) in [5.41, 5.74) is 3.81. The number of rotatable bonds is 5. The van der Waals surface area contributed by atoms with Crippen LogP contribution in [0.2, 0.25) is 0 Å². The van der Waals surface area contributed by atoms with Crippen LogP contribution in [-0.4, -0.2) is 16.1 Å². The van der Waals surface area contributed by atoms with Crippen molar-refractivity contribution < 1.29 is 0 Å². The first kappa shape index (κ1) is 12.8. The average Bonchev–Trinajstić information content (AvgIpc) is 2.78. The first-order valence-corrected chi connectivity index (χ1v) is 6.53. The molecule has 0 spiro atoms. The molecule has 1 aromatic heterocycles. The summed E-state index contributed by atoms with van der Waals surface area (Å²) in [6.45, 7) is 8.34. The summed E-state index contributed by atoms with van der Waals surface area (Å²) >= 11 is 0. The number of benzene rings is 1. The summed E-state index contributed by atoms with van der Waals surface area (Å²) in [6, 6.07) is 6.61. The highest BCUT2D eigenvalue weighted by Gasteiger charge is 2.05. The van der Waals surface area contributed by atoms with Crippen molar-refractivity contribution in [2.45, 2.75) is 33.7 Å². The smallest absolute Gasteiger partial charge is 0.110 e. The quantitative estimate of drug-likeness (QED) is 0.818. The zero-order valence-corrected chi connectivity index (χ0v) is 11.4. The van der Waals surface area contributed by atoms with Gasteiger partial charge in [-0.25, -0.2) is 4.98 Å². The number of nitrogens with one attached hydrogen (secondary N) is 1. The minimum Gasteiger partial charge on any atom is -0.313 e. The van der Waals surface area contributed by atoms with E-state index in [9.17, 15) is 0 Å². The van der Waals surface area contributed by atoms with E-state index in [-0.39, 0.29) is 0 Å². The average molecular weight is 243 g/mol. The fourth-order valence-corrected chi connectivity index (χ4v) is 2.07. The molecule has 0 aliphatic carbocycles. The number of aryl methyl sites for hydroxylation is 2. The summed E-state index contributed by atoms with van der Waals surface area (Å²) < 4.78 is 2.14. The highest BCUT2D eigenvalue weighted by Crippen LogP contribution is 2.17. The topological polar surface area (TPSA) is 29.9 Å². The fraction of sp³-hybridized carbons (Fsp3) is 0.400. The van der Waals surface area contributed by atoms with Crippen LogP contribution in [-0.2, 0) is 6.54 Å². The van der Waals surface area contributed by atoms with Crippen LogP contribution in [0.5, 0.6) is 0 Å². The lowest BCUT2D eigenvalue weighted by atomic mass is 10.1. The standard InChI is InChI=1S/C15H21N3/c1-4-7-16-11-14-6-5-12(2)15(10-14)18-9-8-17-13(18)3/h5-6,8-10,16H,4,7,11H2,1-3H3. The second kappa shape index (κ2) is 5.83. The molecule has 0 saturated carbocycles. The lowest BCUT2D eigenvalue weighted by molar-refractivity contribution is 0.675. The van der Waals surface area contributed by atoms with Crippen LogP contribution < -0.4 is 5.32 Å². The minimum absolute atomic E-state index is 0.925.